The van der Waals surface area contributed by atoms with Gasteiger partial charge in [-0.25, -0.2) is 4.98 Å². The SMILES string of the molecule is COCCn1c(SC(C)C(=O)Nc2ccccc2OC)nc2ccccc2c1=O. The molecular formula is C21H23N3O4S. The number of aromatic nitrogens is 2. The summed E-state index contributed by atoms with van der Waals surface area (Å²) >= 11 is 1.23. The number of benzene rings is 2. The molecule has 3 aromatic rings. The molecule has 0 aliphatic heterocycles. The van der Waals surface area contributed by atoms with E-state index in [1.807, 2.05) is 24.3 Å². The highest BCUT2D eigenvalue weighted by Gasteiger charge is 2.20. The van der Waals surface area contributed by atoms with Crippen molar-refractivity contribution in [2.75, 3.05) is 26.1 Å². The van der Waals surface area contributed by atoms with E-state index in [1.54, 1.807) is 50.0 Å². The van der Waals surface area contributed by atoms with Gasteiger partial charge in [-0.2, -0.15) is 0 Å². The molecule has 3 rings (SSSR count). The van der Waals surface area contributed by atoms with Crippen molar-refractivity contribution in [3.63, 3.8) is 0 Å². The molecule has 0 fully saturated rings. The van der Waals surface area contributed by atoms with Crippen LogP contribution in [0.4, 0.5) is 5.69 Å². The van der Waals surface area contributed by atoms with Crippen molar-refractivity contribution in [1.82, 2.24) is 9.55 Å². The Labute approximate surface area is 173 Å². The number of carbonyl (C=O) groups is 1. The Morgan fingerprint density at radius 1 is 1.17 bits per heavy atom. The molecule has 1 N–H and O–H groups in total. The first-order chi connectivity index (χ1) is 14.0. The summed E-state index contributed by atoms with van der Waals surface area (Å²) < 4.78 is 12.0. The lowest BCUT2D eigenvalue weighted by Crippen LogP contribution is -2.28. The summed E-state index contributed by atoms with van der Waals surface area (Å²) in [7, 11) is 3.13. The Morgan fingerprint density at radius 3 is 2.66 bits per heavy atom. The van der Waals surface area contributed by atoms with Gasteiger partial charge >= 0.3 is 0 Å². The minimum Gasteiger partial charge on any atom is -0.495 e. The maximum absolute atomic E-state index is 12.9. The number of carbonyl (C=O) groups excluding carboxylic acids is 1. The van der Waals surface area contributed by atoms with Crippen LogP contribution in [0.1, 0.15) is 6.92 Å². The molecule has 1 heterocycles. The van der Waals surface area contributed by atoms with Gasteiger partial charge in [-0.05, 0) is 31.2 Å². The Balaban J connectivity index is 1.87. The molecule has 0 saturated heterocycles. The van der Waals surface area contributed by atoms with Crippen LogP contribution in [0.25, 0.3) is 10.9 Å². The van der Waals surface area contributed by atoms with E-state index in [9.17, 15) is 9.59 Å². The van der Waals surface area contributed by atoms with Crippen LogP contribution in [0.2, 0.25) is 0 Å². The summed E-state index contributed by atoms with van der Waals surface area (Å²) in [5.74, 6) is 0.374. The summed E-state index contributed by atoms with van der Waals surface area (Å²) in [6, 6.07) is 14.4. The van der Waals surface area contributed by atoms with Gasteiger partial charge in [0, 0.05) is 7.11 Å². The number of ether oxygens (including phenoxy) is 2. The lowest BCUT2D eigenvalue weighted by molar-refractivity contribution is -0.115. The first-order valence-electron chi connectivity index (χ1n) is 9.14. The van der Waals surface area contributed by atoms with Crippen LogP contribution in [0.5, 0.6) is 5.75 Å². The van der Waals surface area contributed by atoms with E-state index in [0.29, 0.717) is 40.6 Å². The smallest absolute Gasteiger partial charge is 0.262 e. The molecule has 0 aliphatic carbocycles. The monoisotopic (exact) mass is 413 g/mol. The minimum atomic E-state index is -0.484. The highest BCUT2D eigenvalue weighted by Crippen LogP contribution is 2.27. The second-order valence-electron chi connectivity index (χ2n) is 6.31. The minimum absolute atomic E-state index is 0.146. The van der Waals surface area contributed by atoms with Crippen molar-refractivity contribution in [3.8, 4) is 5.75 Å². The molecular weight excluding hydrogens is 390 g/mol. The van der Waals surface area contributed by atoms with Crippen LogP contribution in [0.3, 0.4) is 0 Å². The number of amides is 1. The van der Waals surface area contributed by atoms with Gasteiger partial charge in [-0.3, -0.25) is 14.2 Å². The maximum Gasteiger partial charge on any atom is 0.262 e. The molecule has 0 saturated carbocycles. The molecule has 7 nitrogen and oxygen atoms in total. The average Bonchev–Trinajstić information content (AvgIpc) is 2.74. The standard InChI is InChI=1S/C21H23N3O4S/c1-14(19(25)22-17-10-6-7-11-18(17)28-3)29-21-23-16-9-5-4-8-15(16)20(26)24(21)12-13-27-2/h4-11,14H,12-13H2,1-3H3,(H,22,25). The Bertz CT molecular complexity index is 1070. The molecule has 1 amide bonds. The van der Waals surface area contributed by atoms with E-state index in [4.69, 9.17) is 9.47 Å². The molecule has 8 heteroatoms. The van der Waals surface area contributed by atoms with E-state index >= 15 is 0 Å². The van der Waals surface area contributed by atoms with Crippen molar-refractivity contribution >= 4 is 34.3 Å². The molecule has 152 valence electrons. The van der Waals surface area contributed by atoms with Crippen LogP contribution in [0, 0.1) is 0 Å². The molecule has 1 atom stereocenters. The molecule has 1 aromatic heterocycles. The van der Waals surface area contributed by atoms with Gasteiger partial charge in [-0.15, -0.1) is 0 Å². The number of nitrogens with one attached hydrogen (secondary N) is 1. The number of para-hydroxylation sites is 3. The van der Waals surface area contributed by atoms with Crippen molar-refractivity contribution in [2.45, 2.75) is 23.9 Å². The van der Waals surface area contributed by atoms with Gasteiger partial charge in [-0.1, -0.05) is 36.0 Å². The summed E-state index contributed by atoms with van der Waals surface area (Å²) in [5, 5.41) is 3.41. The Morgan fingerprint density at radius 2 is 1.90 bits per heavy atom. The maximum atomic E-state index is 12.9. The number of methoxy groups -OCH3 is 2. The second kappa shape index (κ2) is 9.58. The van der Waals surface area contributed by atoms with Gasteiger partial charge in [0.25, 0.3) is 5.56 Å². The van der Waals surface area contributed by atoms with Crippen molar-refractivity contribution in [1.29, 1.82) is 0 Å². The number of thioether (sulfide) groups is 1. The zero-order valence-corrected chi connectivity index (χ0v) is 17.4. The largest absolute Gasteiger partial charge is 0.495 e. The topological polar surface area (TPSA) is 82.4 Å². The van der Waals surface area contributed by atoms with Gasteiger partial charge in [0.1, 0.15) is 5.75 Å². The summed E-state index contributed by atoms with van der Waals surface area (Å²) in [6.45, 7) is 2.50. The highest BCUT2D eigenvalue weighted by molar-refractivity contribution is 8.00. The van der Waals surface area contributed by atoms with Gasteiger partial charge in [0.05, 0.1) is 42.1 Å². The van der Waals surface area contributed by atoms with Gasteiger partial charge < -0.3 is 14.8 Å². The number of nitrogens with zero attached hydrogens (tertiary/aromatic N) is 2. The van der Waals surface area contributed by atoms with Crippen LogP contribution in [-0.4, -0.2) is 41.5 Å². The van der Waals surface area contributed by atoms with E-state index in [1.165, 1.54) is 11.8 Å². The molecule has 2 aromatic carbocycles. The van der Waals surface area contributed by atoms with E-state index < -0.39 is 5.25 Å². The average molecular weight is 413 g/mol. The van der Waals surface area contributed by atoms with E-state index in [2.05, 4.69) is 10.3 Å². The zero-order valence-electron chi connectivity index (χ0n) is 16.5. The number of hydrogen-bond acceptors (Lipinski definition) is 6. The van der Waals surface area contributed by atoms with Crippen molar-refractivity contribution < 1.29 is 14.3 Å². The molecule has 0 bridgehead atoms. The van der Waals surface area contributed by atoms with Crippen molar-refractivity contribution in [3.05, 3.63) is 58.9 Å². The lowest BCUT2D eigenvalue weighted by atomic mass is 10.2. The normalized spacial score (nSPS) is 12.0. The third-order valence-corrected chi connectivity index (χ3v) is 5.45. The predicted molar refractivity (Wildman–Crippen MR) is 115 cm³/mol. The fourth-order valence-corrected chi connectivity index (χ4v) is 3.75. The van der Waals surface area contributed by atoms with Crippen LogP contribution >= 0.6 is 11.8 Å². The summed E-state index contributed by atoms with van der Waals surface area (Å²) in [6.07, 6.45) is 0. The van der Waals surface area contributed by atoms with Gasteiger partial charge in [0.2, 0.25) is 5.91 Å². The molecule has 1 unspecified atom stereocenters. The first-order valence-corrected chi connectivity index (χ1v) is 10.0. The number of anilines is 1. The van der Waals surface area contributed by atoms with Crippen LogP contribution in [-0.2, 0) is 16.1 Å². The lowest BCUT2D eigenvalue weighted by Gasteiger charge is -2.17. The fraction of sp³-hybridized carbons (Fsp3) is 0.286. The molecule has 0 aliphatic rings. The first kappa shape index (κ1) is 20.9. The van der Waals surface area contributed by atoms with Gasteiger partial charge in [0.15, 0.2) is 5.16 Å². The molecule has 0 radical (unpaired) electrons. The van der Waals surface area contributed by atoms with Crippen LogP contribution < -0.4 is 15.6 Å². The second-order valence-corrected chi connectivity index (χ2v) is 7.62. The molecule has 29 heavy (non-hydrogen) atoms. The third-order valence-electron chi connectivity index (χ3n) is 4.36. The summed E-state index contributed by atoms with van der Waals surface area (Å²) in [5.41, 5.74) is 1.05. The fourth-order valence-electron chi connectivity index (χ4n) is 2.81. The third kappa shape index (κ3) is 4.78. The predicted octanol–water partition coefficient (Wildman–Crippen LogP) is 3.17. The van der Waals surface area contributed by atoms with E-state index in [-0.39, 0.29) is 11.5 Å². The molecule has 0 spiro atoms. The Hall–Kier alpha value is -2.84. The van der Waals surface area contributed by atoms with Crippen LogP contribution in [0.15, 0.2) is 58.5 Å². The zero-order chi connectivity index (χ0) is 20.8. The van der Waals surface area contributed by atoms with Crippen molar-refractivity contribution in [2.24, 2.45) is 0 Å². The van der Waals surface area contributed by atoms with E-state index in [0.717, 1.165) is 0 Å². The highest BCUT2D eigenvalue weighted by atomic mass is 32.2. The quantitative estimate of drug-likeness (QED) is 0.451. The number of rotatable bonds is 8. The Kier molecular flexibility index (Phi) is 6.90. The number of fused-ring (bicyclic) bond motifs is 1. The number of hydrogen-bond donors (Lipinski definition) is 1. The summed E-state index contributed by atoms with van der Waals surface area (Å²) in [4.78, 5) is 30.3.